The number of benzene rings is 4. The highest BCUT2D eigenvalue weighted by Gasteiger charge is 2.56. The molecule has 0 saturated carbocycles. The van der Waals surface area contributed by atoms with Crippen molar-refractivity contribution < 1.29 is 88.2 Å². The second-order valence-electron chi connectivity index (χ2n) is 21.4. The molecule has 1 aromatic heterocycles. The molecule has 0 radical (unpaired) electrons. The smallest absolute Gasteiger partial charge is 0.497 e. The zero-order valence-electron chi connectivity index (χ0n) is 47.3. The standard InChI is InChI=1S/C56H63ClN6O19S/c1-29(64)33-12-16-40-35(18-33)19-41(60-40)52(69)63-24-36(23-57)46-39-21-37(73-10)14-15-38(39)44(22-42(46)63)81-83(71,72)82-45-20-34(51(68)62(9)26-56(7,8)28-75-27-55(5,6)25-59-61-58)13-17-43(45)79-54-50(78-32(4)67)48(77-31(3)66)47(76-30(2)65)49(80-54)53(70)74-11/h12-22,36,47-50,54,60H,23-28H2,1-11H3/t36-,47+,48+,49+,50-,54-/m1/s1. The monoisotopic (exact) mass is 1190 g/mol. The number of halogens is 1. The Labute approximate surface area is 482 Å². The summed E-state index contributed by atoms with van der Waals surface area (Å²) in [5, 5.41) is 4.86. The molecule has 7 rings (SSSR count). The lowest BCUT2D eigenvalue weighted by atomic mass is 9.92. The van der Waals surface area contributed by atoms with Crippen LogP contribution in [0.15, 0.2) is 71.8 Å². The number of H-pyrrole nitrogens is 1. The highest BCUT2D eigenvalue weighted by atomic mass is 35.5. The summed E-state index contributed by atoms with van der Waals surface area (Å²) in [5.74, 6) is -7.17. The lowest BCUT2D eigenvalue weighted by Crippen LogP contribution is -2.64. The van der Waals surface area contributed by atoms with Gasteiger partial charge in [0.05, 0.1) is 33.1 Å². The molecule has 27 heteroatoms. The van der Waals surface area contributed by atoms with Crippen LogP contribution in [0.1, 0.15) is 98.1 Å². The van der Waals surface area contributed by atoms with Crippen LogP contribution in [0.5, 0.6) is 23.0 Å². The molecule has 0 aliphatic carbocycles. The van der Waals surface area contributed by atoms with E-state index in [4.69, 9.17) is 63.4 Å². The van der Waals surface area contributed by atoms with Gasteiger partial charge in [-0.25, -0.2) is 4.79 Å². The Bertz CT molecular complexity index is 3530. The molecule has 2 amide bonds. The number of amides is 2. The summed E-state index contributed by atoms with van der Waals surface area (Å²) < 4.78 is 86.1. The number of carbonyl (C=O) groups excluding carboxylic acids is 7. The molecule has 4 aromatic carbocycles. The molecule has 1 fully saturated rings. The van der Waals surface area contributed by atoms with Crippen molar-refractivity contribution in [2.24, 2.45) is 15.9 Å². The van der Waals surface area contributed by atoms with E-state index in [0.29, 0.717) is 33.2 Å². The maximum Gasteiger partial charge on any atom is 0.501 e. The first kappa shape index (κ1) is 62.4. The molecular weight excluding hydrogens is 1130 g/mol. The SMILES string of the molecule is COC(=O)[C@H]1O[C@@H](Oc2ccc(C(=O)N(C)CC(C)(C)COCC(C)(C)CN=[N+]=[N-])cc2OS(=O)(=O)Oc2cc3c(c4cc(OC)ccc24)[C@H](CCl)CN3C(=O)c2cc3cc(C(C)=O)ccc3[nH]2)[C@H](OC(C)=O)[C@@H](OC(C)=O)[C@@H]1OC(C)=O. The fourth-order valence-corrected chi connectivity index (χ4v) is 10.8. The molecule has 2 aliphatic heterocycles. The van der Waals surface area contributed by atoms with Crippen molar-refractivity contribution in [2.75, 3.05) is 64.9 Å². The van der Waals surface area contributed by atoms with Crippen LogP contribution in [0.4, 0.5) is 5.69 Å². The van der Waals surface area contributed by atoms with Crippen LogP contribution < -0.4 is 22.7 Å². The van der Waals surface area contributed by atoms with Crippen molar-refractivity contribution in [3.8, 4) is 23.0 Å². The van der Waals surface area contributed by atoms with Gasteiger partial charge in [0.1, 0.15) is 11.4 Å². The number of carbonyl (C=O) groups is 7. The summed E-state index contributed by atoms with van der Waals surface area (Å²) in [6.07, 6.45) is -9.40. The number of hydrogen-bond donors (Lipinski definition) is 1. The van der Waals surface area contributed by atoms with Crippen LogP contribution in [0.25, 0.3) is 32.1 Å². The summed E-state index contributed by atoms with van der Waals surface area (Å²) in [5.41, 5.74) is 9.44. The minimum Gasteiger partial charge on any atom is -0.497 e. The second-order valence-corrected chi connectivity index (χ2v) is 22.9. The number of aromatic amines is 1. The average Bonchev–Trinajstić information content (AvgIpc) is 3.29. The van der Waals surface area contributed by atoms with Crippen LogP contribution in [0, 0.1) is 10.8 Å². The van der Waals surface area contributed by atoms with Crippen LogP contribution in [-0.2, 0) is 58.0 Å². The van der Waals surface area contributed by atoms with Crippen molar-refractivity contribution in [2.45, 2.75) is 92.0 Å². The summed E-state index contributed by atoms with van der Waals surface area (Å²) in [7, 11) is -1.49. The predicted molar refractivity (Wildman–Crippen MR) is 298 cm³/mol. The first-order valence-electron chi connectivity index (χ1n) is 25.8. The van der Waals surface area contributed by atoms with Gasteiger partial charge in [0.15, 0.2) is 41.3 Å². The number of azide groups is 1. The molecule has 0 bridgehead atoms. The number of ketones is 1. The number of Topliss-reactive ketones (excluding diaryl/α,β-unsaturated/α-hetero) is 1. The van der Waals surface area contributed by atoms with Crippen LogP contribution in [0.2, 0.25) is 0 Å². The quantitative estimate of drug-likeness (QED) is 0.0124. The number of nitrogens with one attached hydrogen (secondary N) is 1. The van der Waals surface area contributed by atoms with Crippen molar-refractivity contribution in [3.63, 3.8) is 0 Å². The van der Waals surface area contributed by atoms with E-state index in [1.807, 2.05) is 27.7 Å². The molecule has 2 aliphatic rings. The topological polar surface area (TPSA) is 317 Å². The first-order chi connectivity index (χ1) is 39.1. The Morgan fingerprint density at radius 3 is 2.08 bits per heavy atom. The van der Waals surface area contributed by atoms with E-state index < -0.39 is 105 Å². The minimum atomic E-state index is -5.41. The largest absolute Gasteiger partial charge is 0.501 e. The maximum atomic E-state index is 14.7. The number of rotatable bonds is 23. The van der Waals surface area contributed by atoms with Gasteiger partial charge in [0, 0.05) is 103 Å². The molecule has 6 atom stereocenters. The van der Waals surface area contributed by atoms with Crippen molar-refractivity contribution >= 4 is 90.8 Å². The summed E-state index contributed by atoms with van der Waals surface area (Å²) in [4.78, 5) is 101. The normalized spacial score (nSPS) is 18.7. The van der Waals surface area contributed by atoms with Gasteiger partial charge < -0.3 is 61.0 Å². The number of methoxy groups -OCH3 is 2. The maximum absolute atomic E-state index is 14.7. The third-order valence-corrected chi connectivity index (χ3v) is 14.5. The van der Waals surface area contributed by atoms with Crippen LogP contribution in [0.3, 0.4) is 0 Å². The van der Waals surface area contributed by atoms with E-state index >= 15 is 0 Å². The van der Waals surface area contributed by atoms with E-state index in [1.54, 1.807) is 36.4 Å². The van der Waals surface area contributed by atoms with Gasteiger partial charge in [0.2, 0.25) is 12.4 Å². The lowest BCUT2D eigenvalue weighted by Gasteiger charge is -2.43. The molecule has 1 saturated heterocycles. The van der Waals surface area contributed by atoms with Gasteiger partial charge in [0.25, 0.3) is 11.8 Å². The van der Waals surface area contributed by atoms with Crippen LogP contribution >= 0.6 is 11.6 Å². The highest BCUT2D eigenvalue weighted by molar-refractivity contribution is 7.82. The second kappa shape index (κ2) is 25.5. The Balaban J connectivity index is 1.30. The predicted octanol–water partition coefficient (Wildman–Crippen LogP) is 7.74. The van der Waals surface area contributed by atoms with Gasteiger partial charge in [-0.05, 0) is 89.5 Å². The fraction of sp³-hybridized carbons (Fsp3) is 0.446. The highest BCUT2D eigenvalue weighted by Crippen LogP contribution is 2.48. The van der Waals surface area contributed by atoms with E-state index in [9.17, 15) is 42.0 Å². The molecular formula is C56H63ClN6O19S. The van der Waals surface area contributed by atoms with E-state index in [2.05, 4.69) is 15.0 Å². The third kappa shape index (κ3) is 14.7. The lowest BCUT2D eigenvalue weighted by molar-refractivity contribution is -0.282. The first-order valence-corrected chi connectivity index (χ1v) is 27.6. The molecule has 0 spiro atoms. The number of fused-ring (bicyclic) bond motifs is 4. The van der Waals surface area contributed by atoms with Crippen molar-refractivity contribution in [1.82, 2.24) is 9.88 Å². The number of alkyl halides is 1. The number of esters is 4. The summed E-state index contributed by atoms with van der Waals surface area (Å²) in [6, 6.07) is 16.0. The van der Waals surface area contributed by atoms with Gasteiger partial charge in [-0.1, -0.05) is 32.8 Å². The van der Waals surface area contributed by atoms with Gasteiger partial charge in [-0.2, -0.15) is 0 Å². The Morgan fingerprint density at radius 1 is 0.795 bits per heavy atom. The number of anilines is 1. The zero-order valence-corrected chi connectivity index (χ0v) is 48.9. The molecule has 1 N–H and O–H groups in total. The van der Waals surface area contributed by atoms with E-state index in [-0.39, 0.29) is 72.6 Å². The van der Waals surface area contributed by atoms with Crippen molar-refractivity contribution in [3.05, 3.63) is 99.6 Å². The molecule has 3 heterocycles. The molecule has 0 unspecified atom stereocenters. The molecule has 25 nitrogen and oxygen atoms in total. The average molecular weight is 1190 g/mol. The molecule has 83 heavy (non-hydrogen) atoms. The Kier molecular flexibility index (Phi) is 19.2. The minimum absolute atomic E-state index is 0.0333. The number of ether oxygens (including phenoxy) is 8. The van der Waals surface area contributed by atoms with E-state index in [0.717, 1.165) is 40.0 Å². The number of hydrogen-bond acceptors (Lipinski definition) is 20. The van der Waals surface area contributed by atoms with Gasteiger partial charge in [-0.15, -0.1) is 20.0 Å². The summed E-state index contributed by atoms with van der Waals surface area (Å²) >= 11 is 6.60. The Hall–Kier alpha value is -8.16. The Morgan fingerprint density at radius 2 is 1.45 bits per heavy atom. The molecule has 5 aromatic rings. The van der Waals surface area contributed by atoms with Crippen LogP contribution in [-0.4, -0.2) is 150 Å². The zero-order chi connectivity index (χ0) is 60.9. The third-order valence-electron chi connectivity index (χ3n) is 13.3. The fourth-order valence-electron chi connectivity index (χ4n) is 9.76. The molecule has 444 valence electrons. The number of nitrogens with zero attached hydrogens (tertiary/aromatic N) is 5. The van der Waals surface area contributed by atoms with Gasteiger partial charge >= 0.3 is 34.3 Å². The summed E-state index contributed by atoms with van der Waals surface area (Å²) in [6.45, 7) is 12.6. The van der Waals surface area contributed by atoms with E-state index in [1.165, 1.54) is 49.1 Å². The van der Waals surface area contributed by atoms with Crippen molar-refractivity contribution in [1.29, 1.82) is 0 Å². The number of aromatic nitrogens is 1. The van der Waals surface area contributed by atoms with Gasteiger partial charge in [-0.3, -0.25) is 28.8 Å².